The van der Waals surface area contributed by atoms with E-state index in [0.717, 1.165) is 18.7 Å². The summed E-state index contributed by atoms with van der Waals surface area (Å²) in [4.78, 5) is 0. The zero-order chi connectivity index (χ0) is 50.0. The van der Waals surface area contributed by atoms with Crippen LogP contribution in [0.5, 0.6) is 0 Å². The van der Waals surface area contributed by atoms with Crippen LogP contribution in [-0.4, -0.2) is 11.8 Å². The molecule has 0 bridgehead atoms. The lowest BCUT2D eigenvalue weighted by Crippen LogP contribution is -2.38. The van der Waals surface area contributed by atoms with Crippen LogP contribution < -0.4 is 16.2 Å². The summed E-state index contributed by atoms with van der Waals surface area (Å²) in [5.41, 5.74) is 32.7. The minimum atomic E-state index is -0.188. The zero-order valence-electron chi connectivity index (χ0n) is 44.8. The summed E-state index contributed by atoms with van der Waals surface area (Å²) in [6.45, 7) is 31.4. The molecule has 1 aliphatic heterocycles. The molecule has 0 unspecified atom stereocenters. The third-order valence-corrected chi connectivity index (χ3v) is 19.2. The number of rotatable bonds is 3. The van der Waals surface area contributed by atoms with Crippen LogP contribution in [0.3, 0.4) is 0 Å². The van der Waals surface area contributed by atoms with Crippen molar-refractivity contribution < 1.29 is 0 Å². The maximum atomic E-state index is 4.10. The van der Waals surface area contributed by atoms with Gasteiger partial charge in [0.25, 0.3) is 0 Å². The first kappa shape index (κ1) is 44.2. The monoisotopic (exact) mass is 935 g/mol. The zero-order valence-corrected chi connectivity index (χ0v) is 44.8. The van der Waals surface area contributed by atoms with Crippen molar-refractivity contribution in [2.75, 3.05) is 5.32 Å². The van der Waals surface area contributed by atoms with Crippen LogP contribution in [0.2, 0.25) is 0 Å². The average Bonchev–Trinajstić information content (AvgIpc) is 3.95. The van der Waals surface area contributed by atoms with Crippen LogP contribution in [0.15, 0.2) is 133 Å². The molecule has 0 atom stereocenters. The molecule has 0 saturated heterocycles. The summed E-state index contributed by atoms with van der Waals surface area (Å²) in [5.74, 6) is 0. The summed E-state index contributed by atoms with van der Waals surface area (Å²) >= 11 is 0. The Morgan fingerprint density at radius 2 is 0.972 bits per heavy atom. The fourth-order valence-corrected chi connectivity index (χ4v) is 14.7. The highest BCUT2D eigenvalue weighted by Gasteiger charge is 2.44. The predicted molar refractivity (Wildman–Crippen MR) is 309 cm³/mol. The van der Waals surface area contributed by atoms with E-state index in [9.17, 15) is 0 Å². The predicted octanol–water partition coefficient (Wildman–Crippen LogP) is 16.5. The van der Waals surface area contributed by atoms with Crippen molar-refractivity contribution in [2.45, 2.75) is 135 Å². The summed E-state index contributed by atoms with van der Waals surface area (Å²) < 4.78 is 2.68. The highest BCUT2D eigenvalue weighted by atomic mass is 15.0. The van der Waals surface area contributed by atoms with Gasteiger partial charge < -0.3 is 9.88 Å². The SMILES string of the molecule is CC(C)(C)c1ccc(Nc2cc3c(cc2-c2ccc4c5cc6c(cc5n5c4c2Bc2cc4c(cc2-5)-c2ccccc2C4(C)C)-c2ccccc2C6(C)C)C(C)(C)c2cc4c(cc2-3)C(C)(C)CCC4(C)C)cc1. The molecule has 14 rings (SSSR count). The van der Waals surface area contributed by atoms with E-state index in [-0.39, 0.29) is 32.5 Å². The van der Waals surface area contributed by atoms with Gasteiger partial charge in [0.1, 0.15) is 0 Å². The van der Waals surface area contributed by atoms with Crippen LogP contribution in [-0.2, 0) is 32.5 Å². The minimum absolute atomic E-state index is 0.0677. The largest absolute Gasteiger partial charge is 0.355 e. The molecule has 0 amide bonds. The van der Waals surface area contributed by atoms with E-state index in [1.54, 1.807) is 0 Å². The Morgan fingerprint density at radius 1 is 0.444 bits per heavy atom. The first-order valence-electron chi connectivity index (χ1n) is 26.8. The van der Waals surface area contributed by atoms with Gasteiger partial charge in [0, 0.05) is 55.2 Å². The second-order valence-electron chi connectivity index (χ2n) is 26.5. The third-order valence-electron chi connectivity index (χ3n) is 19.2. The van der Waals surface area contributed by atoms with Crippen molar-refractivity contribution in [3.05, 3.63) is 184 Å². The average molecular weight is 935 g/mol. The van der Waals surface area contributed by atoms with E-state index >= 15 is 0 Å². The second-order valence-corrected chi connectivity index (χ2v) is 26.5. The molecule has 1 N–H and O–H groups in total. The fraction of sp³-hybridized carbons (Fsp3) is 0.304. The lowest BCUT2D eigenvalue weighted by atomic mass is 9.58. The molecule has 2 nitrogen and oxygen atoms in total. The molecule has 2 heterocycles. The summed E-state index contributed by atoms with van der Waals surface area (Å²) in [5, 5.41) is 6.78. The Hall–Kier alpha value is -6.58. The number of anilines is 2. The van der Waals surface area contributed by atoms with Crippen LogP contribution in [0.1, 0.15) is 153 Å². The molecular weight excluding hydrogens is 868 g/mol. The third kappa shape index (κ3) is 5.74. The van der Waals surface area contributed by atoms with Crippen molar-refractivity contribution in [1.29, 1.82) is 0 Å². The minimum Gasteiger partial charge on any atom is -0.355 e. The van der Waals surface area contributed by atoms with Crippen LogP contribution >= 0.6 is 0 Å². The van der Waals surface area contributed by atoms with Gasteiger partial charge in [0.2, 0.25) is 0 Å². The highest BCUT2D eigenvalue weighted by Crippen LogP contribution is 2.57. The fourth-order valence-electron chi connectivity index (χ4n) is 14.7. The number of fused-ring (bicyclic) bond motifs is 15. The lowest BCUT2D eigenvalue weighted by molar-refractivity contribution is 0.331. The number of nitrogens with zero attached hydrogens (tertiary/aromatic N) is 1. The standard InChI is InChI=1S/C69H67BN2/c1-64(2,3)38-22-24-39(25-23-38)71-59-33-45-44-30-56-57(66(6,7)29-28-65(56,4)5)36-54(44)69(12,13)52(45)31-48(59)42-26-27-43-49-32-53-46(40-18-14-16-20-50(40)67(53,8)9)34-60(49)72-61-35-47-41-19-15-17-21-51(41)68(10,11)55(47)37-58(61)70-62(42)63(43)72/h14-27,30-37,70-71H,28-29H2,1-13H3. The number of hydrogen-bond donors (Lipinski definition) is 1. The van der Waals surface area contributed by atoms with Crippen molar-refractivity contribution in [2.24, 2.45) is 0 Å². The Labute approximate surface area is 428 Å². The van der Waals surface area contributed by atoms with Crippen LogP contribution in [0.4, 0.5) is 11.4 Å². The quantitative estimate of drug-likeness (QED) is 0.175. The smallest absolute Gasteiger partial charge is 0.198 e. The molecule has 9 aromatic rings. The van der Waals surface area contributed by atoms with Gasteiger partial charge >= 0.3 is 0 Å². The molecular formula is C69H67BN2. The molecule has 0 fully saturated rings. The molecule has 72 heavy (non-hydrogen) atoms. The van der Waals surface area contributed by atoms with Gasteiger partial charge in [-0.25, -0.2) is 0 Å². The van der Waals surface area contributed by atoms with Gasteiger partial charge in [-0.3, -0.25) is 0 Å². The van der Waals surface area contributed by atoms with E-state index in [1.807, 2.05) is 0 Å². The van der Waals surface area contributed by atoms with Crippen LogP contribution in [0.25, 0.3) is 72.0 Å². The number of aromatic nitrogens is 1. The van der Waals surface area contributed by atoms with E-state index < -0.39 is 0 Å². The van der Waals surface area contributed by atoms with Gasteiger partial charge in [0.05, 0.1) is 5.52 Å². The topological polar surface area (TPSA) is 17.0 Å². The van der Waals surface area contributed by atoms with Crippen molar-refractivity contribution in [3.63, 3.8) is 0 Å². The molecule has 1 aromatic heterocycles. The molecule has 4 aliphatic carbocycles. The van der Waals surface area contributed by atoms with Gasteiger partial charge in [-0.15, -0.1) is 0 Å². The maximum absolute atomic E-state index is 4.10. The summed E-state index contributed by atoms with van der Waals surface area (Å²) in [7, 11) is 0.851. The molecule has 356 valence electrons. The van der Waals surface area contributed by atoms with E-state index in [2.05, 4.69) is 233 Å². The van der Waals surface area contributed by atoms with Gasteiger partial charge in [-0.05, 0) is 172 Å². The molecule has 0 spiro atoms. The van der Waals surface area contributed by atoms with E-state index in [1.165, 1.54) is 146 Å². The molecule has 3 heteroatoms. The van der Waals surface area contributed by atoms with Gasteiger partial charge in [0.15, 0.2) is 7.28 Å². The summed E-state index contributed by atoms with van der Waals surface area (Å²) in [6, 6.07) is 53.0. The molecule has 0 saturated carbocycles. The number of hydrogen-bond acceptors (Lipinski definition) is 1. The molecule has 8 aromatic carbocycles. The molecule has 5 aliphatic rings. The Bertz CT molecular complexity index is 3910. The Balaban J connectivity index is 1.05. The van der Waals surface area contributed by atoms with Crippen molar-refractivity contribution in [1.82, 2.24) is 4.57 Å². The summed E-state index contributed by atoms with van der Waals surface area (Å²) in [6.07, 6.45) is 2.40. The Morgan fingerprint density at radius 3 is 1.62 bits per heavy atom. The second kappa shape index (κ2) is 13.9. The van der Waals surface area contributed by atoms with Gasteiger partial charge in [-0.2, -0.15) is 0 Å². The lowest BCUT2D eigenvalue weighted by Gasteiger charge is -2.42. The first-order chi connectivity index (χ1) is 34.1. The van der Waals surface area contributed by atoms with E-state index in [0.29, 0.717) is 0 Å². The number of nitrogens with one attached hydrogen (secondary N) is 1. The first-order valence-corrected chi connectivity index (χ1v) is 26.8. The van der Waals surface area contributed by atoms with E-state index in [4.69, 9.17) is 0 Å². The number of benzene rings is 8. The molecule has 0 radical (unpaired) electrons. The van der Waals surface area contributed by atoms with Crippen molar-refractivity contribution >= 4 is 51.4 Å². The van der Waals surface area contributed by atoms with Crippen LogP contribution in [0, 0.1) is 0 Å². The normalized spacial score (nSPS) is 18.1. The Kier molecular flexibility index (Phi) is 8.54. The van der Waals surface area contributed by atoms with Crippen molar-refractivity contribution in [3.8, 4) is 50.2 Å². The highest BCUT2D eigenvalue weighted by molar-refractivity contribution is 6.73. The van der Waals surface area contributed by atoms with Gasteiger partial charge in [-0.1, -0.05) is 180 Å². The maximum Gasteiger partial charge on any atom is 0.198 e.